The number of hydrogen-bond acceptors (Lipinski definition) is 3. The van der Waals surface area contributed by atoms with Gasteiger partial charge in [0.15, 0.2) is 0 Å². The molecule has 0 saturated carbocycles. The van der Waals surface area contributed by atoms with Gasteiger partial charge < -0.3 is 10.6 Å². The molecule has 17 heavy (non-hydrogen) atoms. The number of hydrogen-bond donors (Lipinski definition) is 2. The molecule has 0 atom stereocenters. The largest absolute Gasteiger partial charge is 0.351 e. The fraction of sp³-hybridized carbons (Fsp3) is 0.538. The van der Waals surface area contributed by atoms with Crippen molar-refractivity contribution in [3.8, 4) is 0 Å². The quantitative estimate of drug-likeness (QED) is 0.701. The number of rotatable bonds is 7. The Balaban J connectivity index is 2.09. The third-order valence-electron chi connectivity index (χ3n) is 2.40. The minimum atomic E-state index is 0.0256. The fourth-order valence-corrected chi connectivity index (χ4v) is 1.36. The molecular formula is C13H21N3O. The van der Waals surface area contributed by atoms with Crippen LogP contribution in [0.1, 0.15) is 25.8 Å². The van der Waals surface area contributed by atoms with Gasteiger partial charge in [0, 0.05) is 18.9 Å². The molecular weight excluding hydrogens is 214 g/mol. The second-order valence-corrected chi connectivity index (χ2v) is 4.50. The number of nitrogens with one attached hydrogen (secondary N) is 2. The van der Waals surface area contributed by atoms with Crippen LogP contribution in [0.25, 0.3) is 0 Å². The van der Waals surface area contributed by atoms with Crippen LogP contribution in [0.3, 0.4) is 0 Å². The van der Waals surface area contributed by atoms with Crippen LogP contribution >= 0.6 is 0 Å². The third kappa shape index (κ3) is 6.68. The second-order valence-electron chi connectivity index (χ2n) is 4.50. The summed E-state index contributed by atoms with van der Waals surface area (Å²) in [5.74, 6) is 0.693. The first kappa shape index (κ1) is 13.6. The zero-order valence-corrected chi connectivity index (χ0v) is 10.6. The molecule has 0 aliphatic rings. The van der Waals surface area contributed by atoms with Crippen molar-refractivity contribution in [2.45, 2.75) is 26.8 Å². The molecule has 0 spiro atoms. The van der Waals surface area contributed by atoms with E-state index in [9.17, 15) is 4.79 Å². The van der Waals surface area contributed by atoms with Crippen molar-refractivity contribution >= 4 is 5.91 Å². The fourth-order valence-electron chi connectivity index (χ4n) is 1.36. The van der Waals surface area contributed by atoms with E-state index in [0.717, 1.165) is 18.5 Å². The predicted octanol–water partition coefficient (Wildman–Crippen LogP) is 1.33. The normalized spacial score (nSPS) is 10.5. The molecule has 4 heteroatoms. The van der Waals surface area contributed by atoms with Gasteiger partial charge in [-0.2, -0.15) is 0 Å². The molecule has 0 radical (unpaired) electrons. The SMILES string of the molecule is CC(C)CCNCC(=O)NCc1cccnc1. The van der Waals surface area contributed by atoms with Gasteiger partial charge in [0.1, 0.15) is 0 Å². The summed E-state index contributed by atoms with van der Waals surface area (Å²) < 4.78 is 0. The van der Waals surface area contributed by atoms with Gasteiger partial charge in [-0.15, -0.1) is 0 Å². The molecule has 94 valence electrons. The lowest BCUT2D eigenvalue weighted by Gasteiger charge is -2.07. The van der Waals surface area contributed by atoms with Crippen molar-refractivity contribution in [2.24, 2.45) is 5.92 Å². The molecule has 0 unspecified atom stereocenters. The number of nitrogens with zero attached hydrogens (tertiary/aromatic N) is 1. The van der Waals surface area contributed by atoms with Crippen molar-refractivity contribution in [1.29, 1.82) is 0 Å². The molecule has 4 nitrogen and oxygen atoms in total. The Morgan fingerprint density at radius 2 is 2.29 bits per heavy atom. The van der Waals surface area contributed by atoms with Crippen LogP contribution in [0, 0.1) is 5.92 Å². The molecule has 0 aromatic carbocycles. The maximum atomic E-state index is 11.5. The summed E-state index contributed by atoms with van der Waals surface area (Å²) >= 11 is 0. The van der Waals surface area contributed by atoms with E-state index in [1.807, 2.05) is 12.1 Å². The van der Waals surface area contributed by atoms with Crippen LogP contribution in [0.4, 0.5) is 0 Å². The standard InChI is InChI=1S/C13H21N3O/c1-11(2)5-7-15-10-13(17)16-9-12-4-3-6-14-8-12/h3-4,6,8,11,15H,5,7,9-10H2,1-2H3,(H,16,17). The molecule has 0 fully saturated rings. The van der Waals surface area contributed by atoms with Crippen LogP contribution in [-0.2, 0) is 11.3 Å². The van der Waals surface area contributed by atoms with Gasteiger partial charge in [-0.1, -0.05) is 19.9 Å². The maximum Gasteiger partial charge on any atom is 0.234 e. The first-order valence-corrected chi connectivity index (χ1v) is 6.05. The molecule has 1 heterocycles. The summed E-state index contributed by atoms with van der Waals surface area (Å²) in [4.78, 5) is 15.5. The van der Waals surface area contributed by atoms with Crippen molar-refractivity contribution in [1.82, 2.24) is 15.6 Å². The number of carbonyl (C=O) groups is 1. The van der Waals surface area contributed by atoms with Crippen molar-refractivity contribution in [2.75, 3.05) is 13.1 Å². The van der Waals surface area contributed by atoms with Gasteiger partial charge in [-0.25, -0.2) is 0 Å². The minimum Gasteiger partial charge on any atom is -0.351 e. The number of pyridine rings is 1. The van der Waals surface area contributed by atoms with E-state index in [1.165, 1.54) is 0 Å². The van der Waals surface area contributed by atoms with E-state index in [-0.39, 0.29) is 5.91 Å². The summed E-state index contributed by atoms with van der Waals surface area (Å²) in [6.07, 6.45) is 4.57. The van der Waals surface area contributed by atoms with Gasteiger partial charge in [-0.3, -0.25) is 9.78 Å². The zero-order chi connectivity index (χ0) is 12.5. The highest BCUT2D eigenvalue weighted by atomic mass is 16.1. The van der Waals surface area contributed by atoms with E-state index >= 15 is 0 Å². The van der Waals surface area contributed by atoms with Crippen molar-refractivity contribution < 1.29 is 4.79 Å². The van der Waals surface area contributed by atoms with Crippen LogP contribution in [0.15, 0.2) is 24.5 Å². The van der Waals surface area contributed by atoms with Gasteiger partial charge in [0.25, 0.3) is 0 Å². The summed E-state index contributed by atoms with van der Waals surface area (Å²) in [6, 6.07) is 3.81. The van der Waals surface area contributed by atoms with E-state index < -0.39 is 0 Å². The van der Waals surface area contributed by atoms with Crippen molar-refractivity contribution in [3.05, 3.63) is 30.1 Å². The van der Waals surface area contributed by atoms with Gasteiger partial charge >= 0.3 is 0 Å². The van der Waals surface area contributed by atoms with Crippen LogP contribution in [-0.4, -0.2) is 24.0 Å². The Morgan fingerprint density at radius 1 is 1.47 bits per heavy atom. The highest BCUT2D eigenvalue weighted by molar-refractivity contribution is 5.77. The van der Waals surface area contributed by atoms with Crippen LogP contribution in [0.2, 0.25) is 0 Å². The van der Waals surface area contributed by atoms with E-state index in [2.05, 4.69) is 29.5 Å². The van der Waals surface area contributed by atoms with E-state index in [1.54, 1.807) is 12.4 Å². The first-order chi connectivity index (χ1) is 8.18. The summed E-state index contributed by atoms with van der Waals surface area (Å²) in [5, 5.41) is 5.97. The first-order valence-electron chi connectivity index (χ1n) is 6.05. The zero-order valence-electron chi connectivity index (χ0n) is 10.6. The minimum absolute atomic E-state index is 0.0256. The lowest BCUT2D eigenvalue weighted by Crippen LogP contribution is -2.34. The molecule has 0 aliphatic carbocycles. The highest BCUT2D eigenvalue weighted by Gasteiger charge is 2.01. The molecule has 0 aliphatic heterocycles. The Labute approximate surface area is 103 Å². The number of aromatic nitrogens is 1. The molecule has 1 aromatic heterocycles. The smallest absolute Gasteiger partial charge is 0.234 e. The Morgan fingerprint density at radius 3 is 2.94 bits per heavy atom. The number of amides is 1. The average molecular weight is 235 g/mol. The summed E-state index contributed by atoms with van der Waals surface area (Å²) in [6.45, 7) is 6.15. The Hall–Kier alpha value is -1.42. The second kappa shape index (κ2) is 7.79. The molecule has 1 rings (SSSR count). The molecule has 2 N–H and O–H groups in total. The maximum absolute atomic E-state index is 11.5. The molecule has 0 saturated heterocycles. The Bertz CT molecular complexity index is 325. The van der Waals surface area contributed by atoms with Crippen LogP contribution < -0.4 is 10.6 Å². The Kier molecular flexibility index (Phi) is 6.25. The van der Waals surface area contributed by atoms with E-state index in [0.29, 0.717) is 19.0 Å². The third-order valence-corrected chi connectivity index (χ3v) is 2.40. The average Bonchev–Trinajstić information content (AvgIpc) is 2.33. The lowest BCUT2D eigenvalue weighted by atomic mass is 10.1. The molecule has 1 aromatic rings. The monoisotopic (exact) mass is 235 g/mol. The topological polar surface area (TPSA) is 54.0 Å². The molecule has 0 bridgehead atoms. The summed E-state index contributed by atoms with van der Waals surface area (Å²) in [7, 11) is 0. The van der Waals surface area contributed by atoms with E-state index in [4.69, 9.17) is 0 Å². The molecule has 1 amide bonds. The van der Waals surface area contributed by atoms with Gasteiger partial charge in [0.05, 0.1) is 6.54 Å². The summed E-state index contributed by atoms with van der Waals surface area (Å²) in [5.41, 5.74) is 1.02. The lowest BCUT2D eigenvalue weighted by molar-refractivity contribution is -0.120. The highest BCUT2D eigenvalue weighted by Crippen LogP contribution is 1.96. The number of carbonyl (C=O) groups excluding carboxylic acids is 1. The van der Waals surface area contributed by atoms with Gasteiger partial charge in [-0.05, 0) is 30.5 Å². The van der Waals surface area contributed by atoms with Crippen LogP contribution in [0.5, 0.6) is 0 Å². The van der Waals surface area contributed by atoms with Gasteiger partial charge in [0.2, 0.25) is 5.91 Å². The van der Waals surface area contributed by atoms with Crippen molar-refractivity contribution in [3.63, 3.8) is 0 Å². The predicted molar refractivity (Wildman–Crippen MR) is 68.4 cm³/mol.